The lowest BCUT2D eigenvalue weighted by Crippen LogP contribution is -2.35. The molecule has 0 atom stereocenters. The molecule has 10 heteroatoms. The Bertz CT molecular complexity index is 1510. The zero-order chi connectivity index (χ0) is 26.5. The average Bonchev–Trinajstić information content (AvgIpc) is 3.50. The van der Waals surface area contributed by atoms with Gasteiger partial charge in [-0.25, -0.2) is 0 Å². The van der Waals surface area contributed by atoms with Gasteiger partial charge in [0.25, 0.3) is 11.5 Å². The number of nitrogens with zero attached hydrogens (tertiary/aromatic N) is 2. The molecule has 2 aromatic heterocycles. The van der Waals surface area contributed by atoms with Crippen LogP contribution in [0.3, 0.4) is 0 Å². The maximum absolute atomic E-state index is 13.3. The maximum Gasteiger partial charge on any atom is 0.323 e. The van der Waals surface area contributed by atoms with Crippen LogP contribution >= 0.6 is 35.3 Å². The fraction of sp³-hybridized carbons (Fsp3) is 0.407. The van der Waals surface area contributed by atoms with Crippen LogP contribution in [-0.2, 0) is 22.6 Å². The third-order valence-electron chi connectivity index (χ3n) is 6.22. The number of carbonyl (C=O) groups excluding carboxylic acids is 1. The van der Waals surface area contributed by atoms with Crippen LogP contribution in [0.15, 0.2) is 33.5 Å². The number of benzene rings is 1. The lowest BCUT2D eigenvalue weighted by Gasteiger charge is -2.13. The highest BCUT2D eigenvalue weighted by Gasteiger charge is 2.33. The summed E-state index contributed by atoms with van der Waals surface area (Å²) in [5.74, 6) is -0.539. The number of carbonyl (C=O) groups is 2. The second kappa shape index (κ2) is 12.2. The molecule has 0 saturated carbocycles. The summed E-state index contributed by atoms with van der Waals surface area (Å²) in [5, 5.41) is 10.4. The van der Waals surface area contributed by atoms with Gasteiger partial charge in [0.05, 0.1) is 4.53 Å². The Morgan fingerprint density at radius 3 is 2.59 bits per heavy atom. The van der Waals surface area contributed by atoms with E-state index in [-0.39, 0.29) is 5.91 Å². The molecule has 7 nitrogen and oxygen atoms in total. The molecule has 0 aliphatic carbocycles. The van der Waals surface area contributed by atoms with E-state index in [1.54, 1.807) is 11.0 Å². The first-order valence-electron chi connectivity index (χ1n) is 12.6. The quantitative estimate of drug-likeness (QED) is 0.274. The number of carboxylic acids is 1. The van der Waals surface area contributed by atoms with Crippen molar-refractivity contribution in [2.75, 3.05) is 6.54 Å². The van der Waals surface area contributed by atoms with E-state index >= 15 is 0 Å². The van der Waals surface area contributed by atoms with Gasteiger partial charge >= 0.3 is 5.97 Å². The van der Waals surface area contributed by atoms with Crippen LogP contribution in [0, 0.1) is 0 Å². The number of fused-ring (bicyclic) bond motifs is 1. The van der Waals surface area contributed by atoms with Gasteiger partial charge in [-0.2, -0.15) is 0 Å². The third kappa shape index (κ3) is 6.25. The van der Waals surface area contributed by atoms with E-state index < -0.39 is 18.1 Å². The van der Waals surface area contributed by atoms with Crippen molar-refractivity contribution in [3.63, 3.8) is 0 Å². The molecule has 3 aromatic rings. The third-order valence-corrected chi connectivity index (χ3v) is 8.92. The van der Waals surface area contributed by atoms with Gasteiger partial charge in [0.2, 0.25) is 0 Å². The van der Waals surface area contributed by atoms with Gasteiger partial charge in [0.15, 0.2) is 0 Å². The highest BCUT2D eigenvalue weighted by atomic mass is 32.2. The number of unbranched alkanes of at least 4 members (excludes halogenated alkanes) is 5. The van der Waals surface area contributed by atoms with E-state index in [9.17, 15) is 19.5 Å². The molecule has 3 heterocycles. The fourth-order valence-electron chi connectivity index (χ4n) is 4.26. The Hall–Kier alpha value is -2.69. The zero-order valence-electron chi connectivity index (χ0n) is 21.0. The standard InChI is InChI=1S/C27H30N2O5S3/c1-3-5-6-7-8-9-12-28-25(33)23(37-27(28)35)26-29(16-22(30)31)24(32)21(36-26)14-17-10-11-18-15-19(4-2)34-20(18)13-17/h10-11,13-15H,3-9,12,16H2,1-2H3,(H,30,31)/b21-14+,26-23+. The van der Waals surface area contributed by atoms with E-state index in [1.807, 2.05) is 31.2 Å². The van der Waals surface area contributed by atoms with Gasteiger partial charge in [-0.3, -0.25) is 23.9 Å². The van der Waals surface area contributed by atoms with Gasteiger partial charge in [-0.05, 0) is 30.2 Å². The number of hydrogen-bond acceptors (Lipinski definition) is 7. The number of aliphatic carboxylic acids is 1. The van der Waals surface area contributed by atoms with Gasteiger partial charge in [-0.1, -0.05) is 82.1 Å². The van der Waals surface area contributed by atoms with Gasteiger partial charge in [-0.15, -0.1) is 11.3 Å². The molecular weight excluding hydrogens is 529 g/mol. The van der Waals surface area contributed by atoms with Crippen molar-refractivity contribution >= 4 is 73.5 Å². The molecule has 1 amide bonds. The number of carboxylic acid groups (broad SMARTS) is 1. The van der Waals surface area contributed by atoms with Crippen LogP contribution in [-0.4, -0.2) is 37.3 Å². The molecule has 0 bridgehead atoms. The molecule has 1 aliphatic heterocycles. The summed E-state index contributed by atoms with van der Waals surface area (Å²) in [6.45, 7) is 4.18. The first-order chi connectivity index (χ1) is 17.8. The predicted octanol–water partition coefficient (Wildman–Crippen LogP) is 4.46. The van der Waals surface area contributed by atoms with Crippen molar-refractivity contribution in [1.82, 2.24) is 9.47 Å². The van der Waals surface area contributed by atoms with Crippen molar-refractivity contribution in [3.05, 3.63) is 55.1 Å². The van der Waals surface area contributed by atoms with Crippen LogP contribution in [0.4, 0.5) is 0 Å². The second-order valence-electron chi connectivity index (χ2n) is 8.99. The molecule has 1 aromatic carbocycles. The Morgan fingerprint density at radius 2 is 1.86 bits per heavy atom. The summed E-state index contributed by atoms with van der Waals surface area (Å²) in [6.07, 6.45) is 9.06. The van der Waals surface area contributed by atoms with Crippen molar-refractivity contribution in [1.29, 1.82) is 0 Å². The Labute approximate surface area is 228 Å². The molecule has 1 saturated heterocycles. The second-order valence-corrected chi connectivity index (χ2v) is 11.7. The molecule has 1 fully saturated rings. The largest absolute Gasteiger partial charge is 0.480 e. The SMILES string of the molecule is CCCCCCCCN1C(=O)/C(=c2\s/c(=C/c3ccc4cc(CC)oc4c3)c(=O)n2CC(=O)O)SC1=S. The minimum absolute atomic E-state index is 0.264. The molecule has 1 aliphatic rings. The Morgan fingerprint density at radius 1 is 1.11 bits per heavy atom. The smallest absolute Gasteiger partial charge is 0.323 e. The molecular formula is C27H30N2O5S3. The number of thiocarbonyl (C=S) groups is 1. The van der Waals surface area contributed by atoms with Gasteiger partial charge < -0.3 is 9.52 Å². The monoisotopic (exact) mass is 558 g/mol. The number of aryl methyl sites for hydroxylation is 1. The number of amides is 1. The van der Waals surface area contributed by atoms with E-state index in [1.165, 1.54) is 19.3 Å². The molecule has 0 unspecified atom stereocenters. The summed E-state index contributed by atoms with van der Waals surface area (Å²) >= 11 is 7.73. The normalized spacial score (nSPS) is 15.9. The lowest BCUT2D eigenvalue weighted by atomic mass is 10.1. The minimum atomic E-state index is -1.15. The molecule has 4 rings (SSSR count). The van der Waals surface area contributed by atoms with Crippen molar-refractivity contribution in [2.45, 2.75) is 65.3 Å². The van der Waals surface area contributed by atoms with Crippen LogP contribution in [0.5, 0.6) is 0 Å². The number of rotatable bonds is 11. The minimum Gasteiger partial charge on any atom is -0.480 e. The summed E-state index contributed by atoms with van der Waals surface area (Å²) in [6, 6.07) is 7.66. The number of furan rings is 1. The topological polar surface area (TPSA) is 92.8 Å². The van der Waals surface area contributed by atoms with Crippen molar-refractivity contribution in [2.24, 2.45) is 0 Å². The Kier molecular flexibility index (Phi) is 9.04. The fourth-order valence-corrected chi connectivity index (χ4v) is 6.82. The number of hydrogen-bond donors (Lipinski definition) is 1. The van der Waals surface area contributed by atoms with E-state index in [2.05, 4.69) is 6.92 Å². The summed E-state index contributed by atoms with van der Waals surface area (Å²) in [4.78, 5) is 40.0. The first kappa shape index (κ1) is 27.3. The number of thiazole rings is 1. The maximum atomic E-state index is 13.3. The van der Waals surface area contributed by atoms with E-state index in [4.69, 9.17) is 16.6 Å². The van der Waals surface area contributed by atoms with Crippen LogP contribution in [0.2, 0.25) is 0 Å². The number of aromatic nitrogens is 1. The zero-order valence-corrected chi connectivity index (χ0v) is 23.4. The highest BCUT2D eigenvalue weighted by molar-refractivity contribution is 8.30. The van der Waals surface area contributed by atoms with Crippen LogP contribution in [0.25, 0.3) is 22.0 Å². The number of thioether (sulfide) groups is 1. The van der Waals surface area contributed by atoms with Crippen molar-refractivity contribution < 1.29 is 19.1 Å². The van der Waals surface area contributed by atoms with Crippen LogP contribution in [0.1, 0.15) is 63.7 Å². The van der Waals surface area contributed by atoms with E-state index in [0.717, 1.165) is 75.6 Å². The average molecular weight is 559 g/mol. The summed E-state index contributed by atoms with van der Waals surface area (Å²) in [7, 11) is 0. The molecule has 1 N–H and O–H groups in total. The molecule has 37 heavy (non-hydrogen) atoms. The van der Waals surface area contributed by atoms with E-state index in [0.29, 0.717) is 25.0 Å². The highest BCUT2D eigenvalue weighted by Crippen LogP contribution is 2.31. The van der Waals surface area contributed by atoms with Gasteiger partial charge in [0.1, 0.15) is 31.8 Å². The van der Waals surface area contributed by atoms with Crippen LogP contribution < -0.4 is 14.8 Å². The molecule has 196 valence electrons. The predicted molar refractivity (Wildman–Crippen MR) is 153 cm³/mol. The lowest BCUT2D eigenvalue weighted by molar-refractivity contribution is -0.137. The van der Waals surface area contributed by atoms with Gasteiger partial charge in [0, 0.05) is 18.4 Å². The van der Waals surface area contributed by atoms with Crippen molar-refractivity contribution in [3.8, 4) is 0 Å². The first-order valence-corrected chi connectivity index (χ1v) is 14.6. The Balaban J connectivity index is 1.69. The summed E-state index contributed by atoms with van der Waals surface area (Å²) < 4.78 is 8.11. The molecule has 0 spiro atoms. The molecule has 0 radical (unpaired) electrons. The summed E-state index contributed by atoms with van der Waals surface area (Å²) in [5.41, 5.74) is 1.03.